The largest absolute Gasteiger partial charge is 0.881 e. The second kappa shape index (κ2) is 9.03. The molecule has 0 aliphatic carbocycles. The lowest BCUT2D eigenvalue weighted by Gasteiger charge is -2.17. The third-order valence-corrected chi connectivity index (χ3v) is 5.27. The maximum Gasteiger partial charge on any atom is 0.881 e. The van der Waals surface area contributed by atoms with Gasteiger partial charge in [-0.2, -0.15) is 0 Å². The lowest BCUT2D eigenvalue weighted by Crippen LogP contribution is -2.26. The zero-order valence-electron chi connectivity index (χ0n) is 13.0. The van der Waals surface area contributed by atoms with Crippen molar-refractivity contribution in [2.24, 2.45) is 0 Å². The maximum absolute atomic E-state index is 6.29. The van der Waals surface area contributed by atoms with Crippen LogP contribution in [0.2, 0.25) is 20.1 Å². The van der Waals surface area contributed by atoms with Crippen molar-refractivity contribution < 1.29 is 7.58 Å². The normalized spacial score (nSPS) is 15.2. The minimum absolute atomic E-state index is 0.454. The number of nitrogens with one attached hydrogen (secondary N) is 2. The first-order valence-corrected chi connectivity index (χ1v) is 10.0. The Labute approximate surface area is 173 Å². The first-order chi connectivity index (χ1) is 12.0. The van der Waals surface area contributed by atoms with E-state index in [4.69, 9.17) is 54.0 Å². The van der Waals surface area contributed by atoms with Gasteiger partial charge in [-0.1, -0.05) is 46.4 Å². The van der Waals surface area contributed by atoms with E-state index in [-0.39, 0.29) is 0 Å². The average Bonchev–Trinajstić information content (AvgIpc) is 2.55. The highest BCUT2D eigenvalue weighted by Crippen LogP contribution is 2.34. The molecule has 1 aliphatic heterocycles. The highest BCUT2D eigenvalue weighted by Gasteiger charge is 2.18. The van der Waals surface area contributed by atoms with Crippen LogP contribution >= 0.6 is 46.4 Å². The fourth-order valence-electron chi connectivity index (χ4n) is 2.50. The molecule has 131 valence electrons. The first kappa shape index (κ1) is 19.4. The summed E-state index contributed by atoms with van der Waals surface area (Å²) < 4.78 is 11.7. The lowest BCUT2D eigenvalue weighted by molar-refractivity contribution is 0.452. The third-order valence-electron chi connectivity index (χ3n) is 3.61. The predicted octanol–water partition coefficient (Wildman–Crippen LogP) is 4.49. The fraction of sp³-hybridized carbons (Fsp3) is 0.250. The summed E-state index contributed by atoms with van der Waals surface area (Å²) in [5, 5.41) is 8.71. The van der Waals surface area contributed by atoms with Gasteiger partial charge in [0, 0.05) is 47.4 Å². The molecule has 0 amide bonds. The second-order valence-corrected chi connectivity index (χ2v) is 7.79. The summed E-state index contributed by atoms with van der Waals surface area (Å²) >= 11 is 23.9. The van der Waals surface area contributed by atoms with Gasteiger partial charge >= 0.3 is 15.9 Å². The topological polar surface area (TPSA) is 42.5 Å². The van der Waals surface area contributed by atoms with Crippen LogP contribution in [0, 0.1) is 0 Å². The van der Waals surface area contributed by atoms with Gasteiger partial charge in [-0.05, 0) is 24.3 Å². The van der Waals surface area contributed by atoms with Crippen molar-refractivity contribution in [2.75, 3.05) is 13.1 Å². The minimum Gasteiger partial charge on any atom is -0.615 e. The van der Waals surface area contributed by atoms with Crippen molar-refractivity contribution in [2.45, 2.75) is 13.1 Å². The molecule has 2 aromatic rings. The minimum atomic E-state index is -0.867. The van der Waals surface area contributed by atoms with Gasteiger partial charge < -0.3 is 18.2 Å². The number of rotatable bonds is 0. The molecule has 0 atom stereocenters. The Hall–Kier alpha value is -0.348. The SMILES string of the molecule is Clc1cc(Cl)c2c(c1)CNCCNCc1cc(Cl)cc(Cl)c1[O][Al][O]2. The summed E-state index contributed by atoms with van der Waals surface area (Å²) in [6.45, 7) is 2.72. The number of fused-ring (bicyclic) bond motifs is 2. The van der Waals surface area contributed by atoms with E-state index in [0.717, 1.165) is 24.2 Å². The molecule has 0 bridgehead atoms. The molecule has 0 saturated heterocycles. The van der Waals surface area contributed by atoms with Crippen LogP contribution in [0.15, 0.2) is 24.3 Å². The Bertz CT molecular complexity index is 713. The molecule has 0 unspecified atom stereocenters. The molecule has 1 radical (unpaired) electrons. The van der Waals surface area contributed by atoms with Gasteiger partial charge in [0.15, 0.2) is 0 Å². The van der Waals surface area contributed by atoms with E-state index in [0.29, 0.717) is 44.7 Å². The van der Waals surface area contributed by atoms with E-state index in [1.165, 1.54) is 0 Å². The smallest absolute Gasteiger partial charge is 0.615 e. The Balaban J connectivity index is 1.89. The Morgan fingerprint density at radius 2 is 1.16 bits per heavy atom. The van der Waals surface area contributed by atoms with Crippen LogP contribution in [0.25, 0.3) is 0 Å². The predicted molar refractivity (Wildman–Crippen MR) is 103 cm³/mol. The van der Waals surface area contributed by atoms with Crippen LogP contribution in [0.5, 0.6) is 11.5 Å². The average molecular weight is 435 g/mol. The van der Waals surface area contributed by atoms with Crippen LogP contribution in [-0.2, 0) is 13.1 Å². The molecule has 2 N–H and O–H groups in total. The van der Waals surface area contributed by atoms with Crippen molar-refractivity contribution in [3.8, 4) is 11.5 Å². The van der Waals surface area contributed by atoms with Gasteiger partial charge in [0.2, 0.25) is 0 Å². The first-order valence-electron chi connectivity index (χ1n) is 7.57. The van der Waals surface area contributed by atoms with Crippen molar-refractivity contribution in [1.29, 1.82) is 0 Å². The van der Waals surface area contributed by atoms with Crippen molar-refractivity contribution in [3.05, 3.63) is 55.5 Å². The van der Waals surface area contributed by atoms with Gasteiger partial charge in [0.1, 0.15) is 11.5 Å². The Morgan fingerprint density at radius 3 is 1.60 bits per heavy atom. The zero-order valence-corrected chi connectivity index (χ0v) is 17.2. The molecule has 0 spiro atoms. The molecule has 1 aliphatic rings. The highest BCUT2D eigenvalue weighted by atomic mass is 35.5. The molecular weight excluding hydrogens is 421 g/mol. The summed E-state index contributed by atoms with van der Waals surface area (Å²) in [5.74, 6) is 1.15. The summed E-state index contributed by atoms with van der Waals surface area (Å²) in [7, 11) is 0. The maximum atomic E-state index is 6.29. The van der Waals surface area contributed by atoms with Gasteiger partial charge in [-0.25, -0.2) is 0 Å². The van der Waals surface area contributed by atoms with E-state index in [2.05, 4.69) is 10.6 Å². The number of hydrogen-bond acceptors (Lipinski definition) is 4. The van der Waals surface area contributed by atoms with Crippen LogP contribution < -0.4 is 18.2 Å². The Morgan fingerprint density at radius 1 is 0.720 bits per heavy atom. The number of benzene rings is 2. The second-order valence-electron chi connectivity index (χ2n) is 5.44. The standard InChI is InChI=1S/C16H16Cl4N2O2.Al/c17-11-3-9(15(23)13(19)5-11)7-21-1-2-22-8-10-4-12(18)6-14(20)16(10)24;/h3-6,21-24H,1-2,7-8H2;/q;+2/p-2. The van der Waals surface area contributed by atoms with Gasteiger partial charge in [-0.15, -0.1) is 0 Å². The van der Waals surface area contributed by atoms with Crippen molar-refractivity contribution >= 4 is 62.3 Å². The van der Waals surface area contributed by atoms with E-state index in [1.54, 1.807) is 12.1 Å². The van der Waals surface area contributed by atoms with Crippen molar-refractivity contribution in [1.82, 2.24) is 10.6 Å². The molecule has 9 heteroatoms. The summed E-state index contributed by atoms with van der Waals surface area (Å²) in [6.07, 6.45) is 0. The summed E-state index contributed by atoms with van der Waals surface area (Å²) in [5.41, 5.74) is 1.77. The molecule has 3 rings (SSSR count). The van der Waals surface area contributed by atoms with Crippen molar-refractivity contribution in [3.63, 3.8) is 0 Å². The number of hydrogen-bond donors (Lipinski definition) is 2. The molecule has 0 saturated carbocycles. The molecule has 2 aromatic carbocycles. The lowest BCUT2D eigenvalue weighted by atomic mass is 10.2. The molecule has 4 nitrogen and oxygen atoms in total. The molecular formula is C16H14AlCl4N2O2. The fourth-order valence-corrected chi connectivity index (χ4v) is 4.60. The van der Waals surface area contributed by atoms with E-state index in [1.807, 2.05) is 12.1 Å². The van der Waals surface area contributed by atoms with Crippen LogP contribution in [0.4, 0.5) is 0 Å². The number of halogens is 4. The van der Waals surface area contributed by atoms with Gasteiger partial charge in [0.05, 0.1) is 10.0 Å². The van der Waals surface area contributed by atoms with Crippen LogP contribution in [-0.4, -0.2) is 29.0 Å². The zero-order chi connectivity index (χ0) is 17.8. The van der Waals surface area contributed by atoms with Crippen LogP contribution in [0.1, 0.15) is 11.1 Å². The molecule has 1 heterocycles. The monoisotopic (exact) mass is 433 g/mol. The summed E-state index contributed by atoms with van der Waals surface area (Å²) in [4.78, 5) is 0. The Kier molecular flexibility index (Phi) is 7.02. The van der Waals surface area contributed by atoms with Gasteiger partial charge in [-0.3, -0.25) is 0 Å². The quantitative estimate of drug-likeness (QED) is 0.599. The van der Waals surface area contributed by atoms with Crippen LogP contribution in [0.3, 0.4) is 0 Å². The third kappa shape index (κ3) is 5.09. The molecule has 0 aromatic heterocycles. The highest BCUT2D eigenvalue weighted by molar-refractivity contribution is 6.37. The molecule has 0 fully saturated rings. The van der Waals surface area contributed by atoms with E-state index < -0.39 is 15.9 Å². The molecule has 25 heavy (non-hydrogen) atoms. The van der Waals surface area contributed by atoms with E-state index >= 15 is 0 Å². The van der Waals surface area contributed by atoms with Gasteiger partial charge in [0.25, 0.3) is 0 Å². The van der Waals surface area contributed by atoms with E-state index in [9.17, 15) is 0 Å². The summed E-state index contributed by atoms with van der Waals surface area (Å²) in [6, 6.07) is 6.98.